The van der Waals surface area contributed by atoms with E-state index >= 15 is 0 Å². The van der Waals surface area contributed by atoms with Gasteiger partial charge in [0.2, 0.25) is 0 Å². The molecule has 0 saturated carbocycles. The molecular weight excluding hydrogens is 292 g/mol. The number of aromatic nitrogens is 1. The molecule has 5 heteroatoms. The number of pyridine rings is 1. The SMILES string of the molecule is CC.CCN1CC(OCCCc2ccc(OCCCO)cn2)C1. The number of rotatable bonds is 10. The molecule has 0 unspecified atom stereocenters. The van der Waals surface area contributed by atoms with Gasteiger partial charge in [0.15, 0.2) is 0 Å². The van der Waals surface area contributed by atoms with Gasteiger partial charge in [0.1, 0.15) is 5.75 Å². The van der Waals surface area contributed by atoms with Crippen LogP contribution < -0.4 is 4.74 Å². The van der Waals surface area contributed by atoms with E-state index in [2.05, 4.69) is 16.8 Å². The van der Waals surface area contributed by atoms with Crippen molar-refractivity contribution in [2.24, 2.45) is 0 Å². The maximum absolute atomic E-state index is 8.69. The molecule has 1 fully saturated rings. The summed E-state index contributed by atoms with van der Waals surface area (Å²) in [5, 5.41) is 8.69. The first kappa shape index (κ1) is 19.9. The summed E-state index contributed by atoms with van der Waals surface area (Å²) in [6, 6.07) is 3.93. The average molecular weight is 324 g/mol. The summed E-state index contributed by atoms with van der Waals surface area (Å²) in [4.78, 5) is 6.76. The molecule has 2 heterocycles. The van der Waals surface area contributed by atoms with Gasteiger partial charge in [-0.1, -0.05) is 20.8 Å². The first-order chi connectivity index (χ1) is 11.3. The summed E-state index contributed by atoms with van der Waals surface area (Å²) in [5.41, 5.74) is 1.07. The topological polar surface area (TPSA) is 54.8 Å². The number of aryl methyl sites for hydroxylation is 1. The van der Waals surface area contributed by atoms with Gasteiger partial charge in [-0.15, -0.1) is 0 Å². The molecule has 0 spiro atoms. The lowest BCUT2D eigenvalue weighted by Gasteiger charge is -2.38. The first-order valence-corrected chi connectivity index (χ1v) is 8.84. The minimum atomic E-state index is 0.155. The van der Waals surface area contributed by atoms with Crippen molar-refractivity contribution in [2.45, 2.75) is 46.1 Å². The molecule has 5 nitrogen and oxygen atoms in total. The van der Waals surface area contributed by atoms with Gasteiger partial charge in [0, 0.05) is 38.4 Å². The monoisotopic (exact) mass is 324 g/mol. The third-order valence-corrected chi connectivity index (χ3v) is 3.67. The van der Waals surface area contributed by atoms with Crippen molar-refractivity contribution in [3.8, 4) is 5.75 Å². The van der Waals surface area contributed by atoms with E-state index in [-0.39, 0.29) is 6.61 Å². The second kappa shape index (κ2) is 12.3. The van der Waals surface area contributed by atoms with Crippen molar-refractivity contribution in [2.75, 3.05) is 39.5 Å². The molecular formula is C18H32N2O3. The van der Waals surface area contributed by atoms with E-state index in [1.807, 2.05) is 26.0 Å². The fourth-order valence-electron chi connectivity index (χ4n) is 2.29. The molecule has 0 aromatic carbocycles. The molecule has 1 aliphatic rings. The molecule has 1 aromatic heterocycles. The van der Waals surface area contributed by atoms with Crippen LogP contribution in [0.2, 0.25) is 0 Å². The normalized spacial score (nSPS) is 14.8. The summed E-state index contributed by atoms with van der Waals surface area (Å²) < 4.78 is 11.3. The van der Waals surface area contributed by atoms with Crippen molar-refractivity contribution < 1.29 is 14.6 Å². The van der Waals surface area contributed by atoms with E-state index in [0.29, 0.717) is 19.1 Å². The Balaban J connectivity index is 0.00000127. The summed E-state index contributed by atoms with van der Waals surface area (Å²) in [6.45, 7) is 10.9. The number of ether oxygens (including phenoxy) is 2. The Hall–Kier alpha value is -1.17. The van der Waals surface area contributed by atoms with Gasteiger partial charge >= 0.3 is 0 Å². The Labute approximate surface area is 140 Å². The van der Waals surface area contributed by atoms with E-state index in [4.69, 9.17) is 14.6 Å². The Morgan fingerprint density at radius 2 is 2.00 bits per heavy atom. The fraction of sp³-hybridized carbons (Fsp3) is 0.722. The number of aliphatic hydroxyl groups is 1. The third-order valence-electron chi connectivity index (χ3n) is 3.67. The number of likely N-dealkylation sites (N-methyl/N-ethyl adjacent to an activating group) is 1. The Morgan fingerprint density at radius 3 is 2.61 bits per heavy atom. The molecule has 2 rings (SSSR count). The number of nitrogens with zero attached hydrogens (tertiary/aromatic N) is 2. The summed E-state index contributed by atoms with van der Waals surface area (Å²) in [5.74, 6) is 0.762. The lowest BCUT2D eigenvalue weighted by Crippen LogP contribution is -2.51. The van der Waals surface area contributed by atoms with Crippen LogP contribution >= 0.6 is 0 Å². The van der Waals surface area contributed by atoms with Crippen LogP contribution in [0.4, 0.5) is 0 Å². The maximum Gasteiger partial charge on any atom is 0.137 e. The van der Waals surface area contributed by atoms with Gasteiger partial charge in [-0.2, -0.15) is 0 Å². The van der Waals surface area contributed by atoms with E-state index in [9.17, 15) is 0 Å². The zero-order chi connectivity index (χ0) is 16.9. The quantitative estimate of drug-likeness (QED) is 0.670. The number of likely N-dealkylation sites (tertiary alicyclic amines) is 1. The Bertz CT molecular complexity index is 392. The predicted molar refractivity (Wildman–Crippen MR) is 93.0 cm³/mol. The Morgan fingerprint density at radius 1 is 1.22 bits per heavy atom. The zero-order valence-corrected chi connectivity index (χ0v) is 14.8. The second-order valence-corrected chi connectivity index (χ2v) is 5.36. The van der Waals surface area contributed by atoms with Crippen LogP contribution in [0.5, 0.6) is 5.75 Å². The van der Waals surface area contributed by atoms with Crippen LogP contribution in [0.1, 0.15) is 39.3 Å². The fourth-order valence-corrected chi connectivity index (χ4v) is 2.29. The smallest absolute Gasteiger partial charge is 0.137 e. The van der Waals surface area contributed by atoms with Crippen LogP contribution in [0.15, 0.2) is 18.3 Å². The largest absolute Gasteiger partial charge is 0.492 e. The van der Waals surface area contributed by atoms with Gasteiger partial charge in [-0.05, 0) is 31.5 Å². The minimum Gasteiger partial charge on any atom is -0.492 e. The van der Waals surface area contributed by atoms with Gasteiger partial charge in [-0.25, -0.2) is 0 Å². The van der Waals surface area contributed by atoms with Gasteiger partial charge < -0.3 is 14.6 Å². The van der Waals surface area contributed by atoms with Crippen LogP contribution in [-0.2, 0) is 11.2 Å². The molecule has 0 atom stereocenters. The third kappa shape index (κ3) is 7.77. The highest BCUT2D eigenvalue weighted by Gasteiger charge is 2.25. The van der Waals surface area contributed by atoms with E-state index in [1.54, 1.807) is 6.20 Å². The van der Waals surface area contributed by atoms with Crippen LogP contribution in [-0.4, -0.2) is 60.5 Å². The molecule has 0 aliphatic carbocycles. The molecule has 23 heavy (non-hydrogen) atoms. The average Bonchev–Trinajstić information content (AvgIpc) is 2.56. The molecule has 0 radical (unpaired) electrons. The van der Waals surface area contributed by atoms with Crippen molar-refractivity contribution in [1.82, 2.24) is 9.88 Å². The van der Waals surface area contributed by atoms with Gasteiger partial charge in [-0.3, -0.25) is 9.88 Å². The highest BCUT2D eigenvalue weighted by molar-refractivity contribution is 5.19. The highest BCUT2D eigenvalue weighted by atomic mass is 16.5. The summed E-state index contributed by atoms with van der Waals surface area (Å²) in [6.07, 6.45) is 4.76. The molecule has 1 aliphatic heterocycles. The number of aliphatic hydroxyl groups excluding tert-OH is 1. The van der Waals surface area contributed by atoms with Crippen LogP contribution in [0.3, 0.4) is 0 Å². The standard InChI is InChI=1S/C16H26N2O3.C2H6/c1-2-18-12-16(13-18)21-9-3-5-14-6-7-15(11-17-14)20-10-4-8-19;1-2/h6-7,11,16,19H,2-5,8-10,12-13H2,1H3;1-2H3. The summed E-state index contributed by atoms with van der Waals surface area (Å²) >= 11 is 0. The van der Waals surface area contributed by atoms with E-state index in [1.165, 1.54) is 0 Å². The zero-order valence-electron chi connectivity index (χ0n) is 14.8. The maximum atomic E-state index is 8.69. The summed E-state index contributed by atoms with van der Waals surface area (Å²) in [7, 11) is 0. The first-order valence-electron chi connectivity index (χ1n) is 8.84. The molecule has 1 saturated heterocycles. The molecule has 132 valence electrons. The van der Waals surface area contributed by atoms with Crippen LogP contribution in [0, 0.1) is 0 Å². The van der Waals surface area contributed by atoms with Crippen molar-refractivity contribution in [1.29, 1.82) is 0 Å². The molecule has 1 N–H and O–H groups in total. The van der Waals surface area contributed by atoms with E-state index < -0.39 is 0 Å². The van der Waals surface area contributed by atoms with E-state index in [0.717, 1.165) is 50.5 Å². The van der Waals surface area contributed by atoms with Gasteiger partial charge in [0.25, 0.3) is 0 Å². The Kier molecular flexibility index (Phi) is 10.6. The lowest BCUT2D eigenvalue weighted by molar-refractivity contribution is -0.0525. The van der Waals surface area contributed by atoms with Crippen molar-refractivity contribution in [3.63, 3.8) is 0 Å². The molecule has 1 aromatic rings. The molecule has 0 bridgehead atoms. The number of hydrogen-bond donors (Lipinski definition) is 1. The number of hydrogen-bond acceptors (Lipinski definition) is 5. The van der Waals surface area contributed by atoms with Crippen molar-refractivity contribution >= 4 is 0 Å². The highest BCUT2D eigenvalue weighted by Crippen LogP contribution is 2.13. The van der Waals surface area contributed by atoms with Crippen molar-refractivity contribution in [3.05, 3.63) is 24.0 Å². The minimum absolute atomic E-state index is 0.155. The van der Waals surface area contributed by atoms with Crippen LogP contribution in [0.25, 0.3) is 0 Å². The van der Waals surface area contributed by atoms with Gasteiger partial charge in [0.05, 0.1) is 18.9 Å². The molecule has 0 amide bonds. The second-order valence-electron chi connectivity index (χ2n) is 5.36. The lowest BCUT2D eigenvalue weighted by atomic mass is 10.1. The predicted octanol–water partition coefficient (Wildman–Crippen LogP) is 2.52.